The smallest absolute Gasteiger partial charge is 0.220 e. The van der Waals surface area contributed by atoms with Crippen molar-refractivity contribution in [3.8, 4) is 11.8 Å². The summed E-state index contributed by atoms with van der Waals surface area (Å²) in [4.78, 5) is 11.9. The molecule has 1 unspecified atom stereocenters. The molecule has 0 aromatic carbocycles. The molecule has 0 aromatic rings. The number of rotatable bonds is 11. The highest BCUT2D eigenvalue weighted by atomic mass is 16.5. The molecule has 1 amide bonds. The Morgan fingerprint density at radius 1 is 1.04 bits per heavy atom. The second-order valence-corrected chi connectivity index (χ2v) is 6.32. The maximum absolute atomic E-state index is 11.9. The third-order valence-electron chi connectivity index (χ3n) is 4.75. The minimum atomic E-state index is 0.142. The fraction of sp³-hybridized carbons (Fsp3) is 0.833. The molecule has 1 fully saturated rings. The van der Waals surface area contributed by atoms with Crippen LogP contribution in [0.4, 0.5) is 0 Å². The van der Waals surface area contributed by atoms with Crippen molar-refractivity contribution in [3.63, 3.8) is 0 Å². The normalized spacial score (nSPS) is 25.5. The molecule has 5 heteroatoms. The SMILES string of the molecule is NCCOCCOCCNC(=O)CCC1[C@H]2CCC#CCC[C@@H]12. The van der Waals surface area contributed by atoms with Gasteiger partial charge in [0.2, 0.25) is 5.91 Å². The summed E-state index contributed by atoms with van der Waals surface area (Å²) in [6, 6.07) is 0. The van der Waals surface area contributed by atoms with Crippen LogP contribution in [0.25, 0.3) is 0 Å². The fourth-order valence-corrected chi connectivity index (χ4v) is 3.52. The van der Waals surface area contributed by atoms with E-state index < -0.39 is 0 Å². The molecule has 0 spiro atoms. The lowest BCUT2D eigenvalue weighted by Gasteiger charge is -2.07. The Hall–Kier alpha value is -1.09. The van der Waals surface area contributed by atoms with Gasteiger partial charge in [-0.3, -0.25) is 4.79 Å². The van der Waals surface area contributed by atoms with E-state index >= 15 is 0 Å². The Morgan fingerprint density at radius 3 is 2.35 bits per heavy atom. The van der Waals surface area contributed by atoms with E-state index in [1.54, 1.807) is 0 Å². The van der Waals surface area contributed by atoms with Crippen molar-refractivity contribution >= 4 is 5.91 Å². The average Bonchev–Trinajstić information content (AvgIpc) is 3.17. The van der Waals surface area contributed by atoms with Crippen LogP contribution in [0.5, 0.6) is 0 Å². The predicted molar refractivity (Wildman–Crippen MR) is 89.7 cm³/mol. The standard InChI is InChI=1S/C18H30N2O3/c19-9-11-22-13-14-23-12-10-20-18(21)8-7-17-15-5-3-1-2-4-6-16(15)17/h15-17H,3-14,19H2,(H,20,21)/t15-,16+,17?. The Balaban J connectivity index is 1.44. The van der Waals surface area contributed by atoms with E-state index in [9.17, 15) is 4.79 Å². The van der Waals surface area contributed by atoms with E-state index in [0.29, 0.717) is 45.9 Å². The van der Waals surface area contributed by atoms with E-state index in [2.05, 4.69) is 17.2 Å². The lowest BCUT2D eigenvalue weighted by atomic mass is 10.1. The molecule has 3 atom stereocenters. The second kappa shape index (κ2) is 10.6. The first kappa shape index (κ1) is 18.3. The van der Waals surface area contributed by atoms with Gasteiger partial charge in [0, 0.05) is 32.4 Å². The number of hydrogen-bond acceptors (Lipinski definition) is 4. The summed E-state index contributed by atoms with van der Waals surface area (Å²) >= 11 is 0. The van der Waals surface area contributed by atoms with E-state index in [4.69, 9.17) is 15.2 Å². The van der Waals surface area contributed by atoms with Crippen LogP contribution in [0, 0.1) is 29.6 Å². The molecule has 0 radical (unpaired) electrons. The summed E-state index contributed by atoms with van der Waals surface area (Å²) < 4.78 is 10.6. The lowest BCUT2D eigenvalue weighted by molar-refractivity contribution is -0.121. The molecular weight excluding hydrogens is 292 g/mol. The number of nitrogens with two attached hydrogens (primary N) is 1. The molecule has 0 aromatic heterocycles. The van der Waals surface area contributed by atoms with Gasteiger partial charge in [-0.25, -0.2) is 0 Å². The number of fused-ring (bicyclic) bond motifs is 1. The first-order valence-corrected chi connectivity index (χ1v) is 8.91. The van der Waals surface area contributed by atoms with Gasteiger partial charge in [0.05, 0.1) is 26.4 Å². The largest absolute Gasteiger partial charge is 0.378 e. The quantitative estimate of drug-likeness (QED) is 0.444. The summed E-state index contributed by atoms with van der Waals surface area (Å²) in [7, 11) is 0. The molecule has 5 nitrogen and oxygen atoms in total. The molecule has 23 heavy (non-hydrogen) atoms. The van der Waals surface area contributed by atoms with Crippen LogP contribution >= 0.6 is 0 Å². The topological polar surface area (TPSA) is 73.6 Å². The van der Waals surface area contributed by atoms with Gasteiger partial charge in [-0.15, -0.1) is 11.8 Å². The third-order valence-corrected chi connectivity index (χ3v) is 4.75. The molecule has 2 aliphatic carbocycles. The summed E-state index contributed by atoms with van der Waals surface area (Å²) in [5, 5.41) is 2.92. The third kappa shape index (κ3) is 6.90. The number of ether oxygens (including phenoxy) is 2. The molecule has 0 bridgehead atoms. The van der Waals surface area contributed by atoms with Gasteiger partial charge < -0.3 is 20.5 Å². The van der Waals surface area contributed by atoms with Gasteiger partial charge in [-0.2, -0.15) is 0 Å². The van der Waals surface area contributed by atoms with Crippen LogP contribution in [-0.2, 0) is 14.3 Å². The molecule has 130 valence electrons. The minimum absolute atomic E-state index is 0.142. The number of hydrogen-bond donors (Lipinski definition) is 2. The van der Waals surface area contributed by atoms with Gasteiger partial charge in [0.25, 0.3) is 0 Å². The van der Waals surface area contributed by atoms with Gasteiger partial charge in [-0.1, -0.05) is 0 Å². The first-order chi connectivity index (χ1) is 11.3. The van der Waals surface area contributed by atoms with Crippen molar-refractivity contribution in [3.05, 3.63) is 0 Å². The van der Waals surface area contributed by atoms with Crippen LogP contribution in [0.15, 0.2) is 0 Å². The van der Waals surface area contributed by atoms with Crippen molar-refractivity contribution < 1.29 is 14.3 Å². The molecule has 2 rings (SSSR count). The molecule has 0 saturated heterocycles. The fourth-order valence-electron chi connectivity index (χ4n) is 3.52. The summed E-state index contributed by atoms with van der Waals surface area (Å²) in [6.07, 6.45) is 6.19. The number of carbonyl (C=O) groups is 1. The van der Waals surface area contributed by atoms with Crippen LogP contribution in [0.2, 0.25) is 0 Å². The van der Waals surface area contributed by atoms with E-state index in [1.165, 1.54) is 12.8 Å². The minimum Gasteiger partial charge on any atom is -0.378 e. The second-order valence-electron chi connectivity index (χ2n) is 6.32. The molecular formula is C18H30N2O3. The zero-order valence-electron chi connectivity index (χ0n) is 14.0. The van der Waals surface area contributed by atoms with Crippen molar-refractivity contribution in [2.45, 2.75) is 38.5 Å². The zero-order chi connectivity index (χ0) is 16.3. The van der Waals surface area contributed by atoms with Crippen LogP contribution in [-0.4, -0.2) is 45.4 Å². The highest BCUT2D eigenvalue weighted by Crippen LogP contribution is 2.54. The summed E-state index contributed by atoms with van der Waals surface area (Å²) in [5.41, 5.74) is 5.31. The van der Waals surface area contributed by atoms with E-state index in [1.807, 2.05) is 0 Å². The maximum atomic E-state index is 11.9. The van der Waals surface area contributed by atoms with Gasteiger partial charge in [-0.05, 0) is 37.0 Å². The monoisotopic (exact) mass is 322 g/mol. The Bertz CT molecular complexity index is 398. The number of nitrogens with one attached hydrogen (secondary N) is 1. The molecule has 0 aliphatic heterocycles. The van der Waals surface area contributed by atoms with Gasteiger partial charge in [0.1, 0.15) is 0 Å². The number of carbonyl (C=O) groups excluding carboxylic acids is 1. The maximum Gasteiger partial charge on any atom is 0.220 e. The molecule has 2 aliphatic rings. The average molecular weight is 322 g/mol. The summed E-state index contributed by atoms with van der Waals surface area (Å²) in [6.45, 7) is 3.30. The van der Waals surface area contributed by atoms with Crippen molar-refractivity contribution in [1.82, 2.24) is 5.32 Å². The van der Waals surface area contributed by atoms with Gasteiger partial charge in [0.15, 0.2) is 0 Å². The van der Waals surface area contributed by atoms with Crippen LogP contribution < -0.4 is 11.1 Å². The van der Waals surface area contributed by atoms with Crippen molar-refractivity contribution in [1.29, 1.82) is 0 Å². The van der Waals surface area contributed by atoms with Crippen LogP contribution in [0.1, 0.15) is 38.5 Å². The Kier molecular flexibility index (Phi) is 8.44. The highest BCUT2D eigenvalue weighted by molar-refractivity contribution is 5.75. The zero-order valence-corrected chi connectivity index (χ0v) is 14.0. The van der Waals surface area contributed by atoms with Crippen molar-refractivity contribution in [2.24, 2.45) is 23.5 Å². The highest BCUT2D eigenvalue weighted by Gasteiger charge is 2.47. The van der Waals surface area contributed by atoms with Gasteiger partial charge >= 0.3 is 0 Å². The first-order valence-electron chi connectivity index (χ1n) is 8.91. The Labute approximate surface area is 139 Å². The Morgan fingerprint density at radius 2 is 1.70 bits per heavy atom. The van der Waals surface area contributed by atoms with E-state index in [0.717, 1.165) is 37.0 Å². The molecule has 0 heterocycles. The van der Waals surface area contributed by atoms with Crippen molar-refractivity contribution in [2.75, 3.05) is 39.5 Å². The van der Waals surface area contributed by atoms with E-state index in [-0.39, 0.29) is 5.91 Å². The number of amides is 1. The lowest BCUT2D eigenvalue weighted by Crippen LogP contribution is -2.27. The predicted octanol–water partition coefficient (Wildman–Crippen LogP) is 1.31. The molecule has 1 saturated carbocycles. The van der Waals surface area contributed by atoms with Crippen LogP contribution in [0.3, 0.4) is 0 Å². The molecule has 3 N–H and O–H groups in total. The summed E-state index contributed by atoms with van der Waals surface area (Å²) in [5.74, 6) is 9.00.